The van der Waals surface area contributed by atoms with E-state index in [0.29, 0.717) is 5.22 Å². The lowest BCUT2D eigenvalue weighted by Gasteiger charge is -2.31. The van der Waals surface area contributed by atoms with E-state index >= 15 is 0 Å². The fourth-order valence-electron chi connectivity index (χ4n) is 2.95. The molecule has 0 aliphatic carbocycles. The minimum atomic E-state index is 0.260. The molecule has 5 nitrogen and oxygen atoms in total. The lowest BCUT2D eigenvalue weighted by atomic mass is 10.2. The highest BCUT2D eigenvalue weighted by Gasteiger charge is 2.23. The number of morpholine rings is 1. The second-order valence-electron chi connectivity index (χ2n) is 5.70. The second kappa shape index (κ2) is 7.61. The van der Waals surface area contributed by atoms with E-state index in [1.54, 1.807) is 6.07 Å². The zero-order valence-corrected chi connectivity index (χ0v) is 13.1. The molecular weight excluding hydrogens is 292 g/mol. The van der Waals surface area contributed by atoms with Crippen LogP contribution in [0.15, 0.2) is 16.5 Å². The van der Waals surface area contributed by atoms with Crippen LogP contribution in [0.2, 0.25) is 5.22 Å². The van der Waals surface area contributed by atoms with Gasteiger partial charge in [0.2, 0.25) is 0 Å². The Morgan fingerprint density at radius 1 is 1.10 bits per heavy atom. The van der Waals surface area contributed by atoms with Crippen molar-refractivity contribution in [2.75, 3.05) is 52.5 Å². The molecule has 2 aliphatic rings. The number of hydrogen-bond acceptors (Lipinski definition) is 5. The molecule has 1 aromatic heterocycles. The maximum absolute atomic E-state index is 6.00. The van der Waals surface area contributed by atoms with Crippen molar-refractivity contribution >= 4 is 11.6 Å². The van der Waals surface area contributed by atoms with E-state index in [-0.39, 0.29) is 6.10 Å². The molecule has 0 radical (unpaired) electrons. The third-order valence-corrected chi connectivity index (χ3v) is 4.21. The molecule has 3 rings (SSSR count). The average molecular weight is 315 g/mol. The van der Waals surface area contributed by atoms with Crippen molar-refractivity contribution in [3.63, 3.8) is 0 Å². The Bertz CT molecular complexity index is 434. The van der Waals surface area contributed by atoms with Crippen molar-refractivity contribution in [3.8, 4) is 0 Å². The lowest BCUT2D eigenvalue weighted by Crippen LogP contribution is -2.44. The number of ether oxygens (including phenoxy) is 2. The zero-order valence-electron chi connectivity index (χ0n) is 12.3. The number of hydrogen-bond donors (Lipinski definition) is 0. The predicted octanol–water partition coefficient (Wildman–Crippen LogP) is 1.86. The molecule has 1 atom stereocenters. The van der Waals surface area contributed by atoms with Gasteiger partial charge < -0.3 is 13.9 Å². The normalized spacial score (nSPS) is 25.9. The van der Waals surface area contributed by atoms with Crippen LogP contribution in [0.25, 0.3) is 0 Å². The van der Waals surface area contributed by atoms with Gasteiger partial charge in [-0.15, -0.1) is 0 Å². The summed E-state index contributed by atoms with van der Waals surface area (Å²) in [4.78, 5) is 4.83. The Balaban J connectivity index is 1.52. The Morgan fingerprint density at radius 2 is 1.95 bits per heavy atom. The van der Waals surface area contributed by atoms with E-state index in [2.05, 4.69) is 9.80 Å². The summed E-state index contributed by atoms with van der Waals surface area (Å²) in [5.74, 6) is 0.923. The maximum atomic E-state index is 6.00. The van der Waals surface area contributed by atoms with Crippen molar-refractivity contribution < 1.29 is 13.9 Å². The zero-order chi connectivity index (χ0) is 14.5. The standard InChI is InChI=1S/C15H23ClN2O3/c16-15-3-2-13(21-15)10-18-4-1-7-20-14(12-18)11-17-5-8-19-9-6-17/h2-3,14H,1,4-12H2/t14-/m1/s1. The Kier molecular flexibility index (Phi) is 5.55. The first-order valence-electron chi connectivity index (χ1n) is 7.68. The number of nitrogens with zero attached hydrogens (tertiary/aromatic N) is 2. The van der Waals surface area contributed by atoms with Crippen LogP contribution in [0.5, 0.6) is 0 Å². The third-order valence-electron chi connectivity index (χ3n) is 4.01. The Labute approximate surface area is 130 Å². The third kappa shape index (κ3) is 4.69. The first-order chi connectivity index (χ1) is 10.3. The summed E-state index contributed by atoms with van der Waals surface area (Å²) >= 11 is 5.84. The molecule has 2 aliphatic heterocycles. The van der Waals surface area contributed by atoms with Crippen molar-refractivity contribution in [1.82, 2.24) is 9.80 Å². The number of furan rings is 1. The molecule has 118 valence electrons. The first-order valence-corrected chi connectivity index (χ1v) is 8.06. The summed E-state index contributed by atoms with van der Waals surface area (Å²) in [7, 11) is 0. The van der Waals surface area contributed by atoms with E-state index in [9.17, 15) is 0 Å². The van der Waals surface area contributed by atoms with Crippen LogP contribution >= 0.6 is 11.6 Å². The Hall–Kier alpha value is -0.590. The van der Waals surface area contributed by atoms with Crippen LogP contribution in [0.3, 0.4) is 0 Å². The molecule has 0 spiro atoms. The molecular formula is C15H23ClN2O3. The molecule has 21 heavy (non-hydrogen) atoms. The van der Waals surface area contributed by atoms with Crippen molar-refractivity contribution in [3.05, 3.63) is 23.1 Å². The fourth-order valence-corrected chi connectivity index (χ4v) is 3.12. The molecule has 0 amide bonds. The maximum Gasteiger partial charge on any atom is 0.193 e. The SMILES string of the molecule is Clc1ccc(CN2CCCO[C@H](CN3CCOCC3)C2)o1. The van der Waals surface area contributed by atoms with Crippen molar-refractivity contribution in [2.45, 2.75) is 19.1 Å². The van der Waals surface area contributed by atoms with E-state index in [0.717, 1.165) is 71.3 Å². The summed E-state index contributed by atoms with van der Waals surface area (Å²) in [5, 5.41) is 0.459. The van der Waals surface area contributed by atoms with Crippen LogP contribution in [-0.2, 0) is 16.0 Å². The lowest BCUT2D eigenvalue weighted by molar-refractivity contribution is -0.0125. The van der Waals surface area contributed by atoms with Crippen LogP contribution in [0.1, 0.15) is 12.2 Å². The summed E-state index contributed by atoms with van der Waals surface area (Å²) < 4.78 is 16.9. The number of halogens is 1. The predicted molar refractivity (Wildman–Crippen MR) is 80.6 cm³/mol. The smallest absolute Gasteiger partial charge is 0.193 e. The summed E-state index contributed by atoms with van der Waals surface area (Å²) in [6.07, 6.45) is 1.32. The summed E-state index contributed by atoms with van der Waals surface area (Å²) in [6.45, 7) is 8.29. The topological polar surface area (TPSA) is 38.1 Å². The summed E-state index contributed by atoms with van der Waals surface area (Å²) in [5.41, 5.74) is 0. The molecule has 2 fully saturated rings. The van der Waals surface area contributed by atoms with Gasteiger partial charge in [0.25, 0.3) is 0 Å². The van der Waals surface area contributed by atoms with Gasteiger partial charge >= 0.3 is 0 Å². The highest BCUT2D eigenvalue weighted by molar-refractivity contribution is 6.28. The average Bonchev–Trinajstić information content (AvgIpc) is 2.76. The number of rotatable bonds is 4. The van der Waals surface area contributed by atoms with Gasteiger partial charge in [-0.3, -0.25) is 9.80 Å². The monoisotopic (exact) mass is 314 g/mol. The van der Waals surface area contributed by atoms with E-state index in [1.807, 2.05) is 6.07 Å². The van der Waals surface area contributed by atoms with Gasteiger partial charge in [0.05, 0.1) is 25.9 Å². The van der Waals surface area contributed by atoms with Crippen LogP contribution in [0, 0.1) is 0 Å². The van der Waals surface area contributed by atoms with Crippen LogP contribution in [0.4, 0.5) is 0 Å². The minimum Gasteiger partial charge on any atom is -0.448 e. The molecule has 3 heterocycles. The molecule has 0 aromatic carbocycles. The molecule has 0 unspecified atom stereocenters. The van der Waals surface area contributed by atoms with Gasteiger partial charge in [0.15, 0.2) is 5.22 Å². The van der Waals surface area contributed by atoms with Gasteiger partial charge in [-0.1, -0.05) is 0 Å². The van der Waals surface area contributed by atoms with Gasteiger partial charge in [-0.05, 0) is 30.2 Å². The van der Waals surface area contributed by atoms with Crippen LogP contribution in [-0.4, -0.2) is 68.4 Å². The highest BCUT2D eigenvalue weighted by atomic mass is 35.5. The van der Waals surface area contributed by atoms with E-state index in [4.69, 9.17) is 25.5 Å². The van der Waals surface area contributed by atoms with Gasteiger partial charge in [0.1, 0.15) is 5.76 Å². The van der Waals surface area contributed by atoms with Gasteiger partial charge in [-0.25, -0.2) is 0 Å². The largest absolute Gasteiger partial charge is 0.448 e. The fraction of sp³-hybridized carbons (Fsp3) is 0.733. The molecule has 0 saturated carbocycles. The van der Waals surface area contributed by atoms with E-state index < -0.39 is 0 Å². The molecule has 0 bridgehead atoms. The van der Waals surface area contributed by atoms with Gasteiger partial charge in [0, 0.05) is 39.3 Å². The summed E-state index contributed by atoms with van der Waals surface area (Å²) in [6, 6.07) is 3.75. The van der Waals surface area contributed by atoms with E-state index in [1.165, 1.54) is 0 Å². The first kappa shape index (κ1) is 15.3. The second-order valence-corrected chi connectivity index (χ2v) is 6.07. The van der Waals surface area contributed by atoms with Gasteiger partial charge in [-0.2, -0.15) is 0 Å². The minimum absolute atomic E-state index is 0.260. The van der Waals surface area contributed by atoms with Crippen molar-refractivity contribution in [1.29, 1.82) is 0 Å². The quantitative estimate of drug-likeness (QED) is 0.848. The Morgan fingerprint density at radius 3 is 2.71 bits per heavy atom. The highest BCUT2D eigenvalue weighted by Crippen LogP contribution is 2.17. The molecule has 2 saturated heterocycles. The molecule has 0 N–H and O–H groups in total. The van der Waals surface area contributed by atoms with Crippen LogP contribution < -0.4 is 0 Å². The molecule has 1 aromatic rings. The molecule has 6 heteroatoms. The van der Waals surface area contributed by atoms with Crippen molar-refractivity contribution in [2.24, 2.45) is 0 Å².